The molecule has 0 aromatic heterocycles. The van der Waals surface area contributed by atoms with Crippen LogP contribution in [0.15, 0.2) is 0 Å². The molecule has 0 spiro atoms. The molecule has 3 nitrogen and oxygen atoms in total. The number of ketones is 1. The molecular formula is C10H17NO2. The first kappa shape index (κ1) is 9.16. The molecule has 2 rings (SSSR count). The minimum atomic E-state index is 0.174. The van der Waals surface area contributed by atoms with E-state index in [2.05, 4.69) is 4.90 Å². The van der Waals surface area contributed by atoms with Crippen LogP contribution in [0.25, 0.3) is 0 Å². The van der Waals surface area contributed by atoms with Gasteiger partial charge in [-0.3, -0.25) is 9.69 Å². The molecule has 2 fully saturated rings. The fraction of sp³-hybridized carbons (Fsp3) is 0.900. The van der Waals surface area contributed by atoms with Crippen molar-refractivity contribution in [3.8, 4) is 0 Å². The molecule has 0 saturated carbocycles. The zero-order valence-electron chi connectivity index (χ0n) is 7.91. The van der Waals surface area contributed by atoms with Crippen molar-refractivity contribution in [3.63, 3.8) is 0 Å². The minimum Gasteiger partial charge on any atom is -0.396 e. The number of hydrogen-bond acceptors (Lipinski definition) is 3. The second-order valence-electron chi connectivity index (χ2n) is 4.22. The number of nitrogens with zero attached hydrogens (tertiary/aromatic N) is 1. The van der Waals surface area contributed by atoms with Gasteiger partial charge in [-0.2, -0.15) is 0 Å². The number of rotatable bonds is 1. The van der Waals surface area contributed by atoms with Crippen molar-refractivity contribution in [3.05, 3.63) is 0 Å². The van der Waals surface area contributed by atoms with Gasteiger partial charge in [0.05, 0.1) is 6.54 Å². The van der Waals surface area contributed by atoms with Crippen LogP contribution in [0, 0.1) is 5.92 Å². The lowest BCUT2D eigenvalue weighted by molar-refractivity contribution is -0.128. The lowest BCUT2D eigenvalue weighted by Crippen LogP contribution is -2.52. The topological polar surface area (TPSA) is 40.5 Å². The van der Waals surface area contributed by atoms with Gasteiger partial charge in [0.15, 0.2) is 0 Å². The quantitative estimate of drug-likeness (QED) is 0.640. The van der Waals surface area contributed by atoms with Crippen LogP contribution in [0.2, 0.25) is 0 Å². The highest BCUT2D eigenvalue weighted by Gasteiger charge is 2.35. The normalized spacial score (nSPS) is 35.9. The Morgan fingerprint density at radius 2 is 2.31 bits per heavy atom. The zero-order valence-corrected chi connectivity index (χ0v) is 7.91. The molecule has 2 heterocycles. The van der Waals surface area contributed by atoms with Crippen LogP contribution in [0.4, 0.5) is 0 Å². The van der Waals surface area contributed by atoms with E-state index in [1.165, 1.54) is 19.3 Å². The lowest BCUT2D eigenvalue weighted by atomic mass is 9.84. The maximum Gasteiger partial charge on any atom is 0.147 e. The smallest absolute Gasteiger partial charge is 0.147 e. The number of piperidine rings is 2. The molecule has 2 aliphatic rings. The summed E-state index contributed by atoms with van der Waals surface area (Å²) in [6.45, 7) is 1.85. The van der Waals surface area contributed by atoms with Crippen molar-refractivity contribution in [2.45, 2.75) is 31.7 Å². The van der Waals surface area contributed by atoms with E-state index in [1.807, 2.05) is 0 Å². The number of carbonyl (C=O) groups is 1. The van der Waals surface area contributed by atoms with Crippen LogP contribution in [-0.2, 0) is 4.79 Å². The SMILES string of the molecule is O=C1CC(CO)C2CCCCN2C1. The highest BCUT2D eigenvalue weighted by Crippen LogP contribution is 2.28. The van der Waals surface area contributed by atoms with Crippen molar-refractivity contribution in [2.24, 2.45) is 5.92 Å². The van der Waals surface area contributed by atoms with E-state index in [0.29, 0.717) is 24.8 Å². The Bertz CT molecular complexity index is 195. The summed E-state index contributed by atoms with van der Waals surface area (Å²) >= 11 is 0. The van der Waals surface area contributed by atoms with Crippen molar-refractivity contribution < 1.29 is 9.90 Å². The number of aliphatic hydroxyl groups is 1. The number of carbonyl (C=O) groups excluding carboxylic acids is 1. The highest BCUT2D eigenvalue weighted by atomic mass is 16.3. The highest BCUT2D eigenvalue weighted by molar-refractivity contribution is 5.81. The van der Waals surface area contributed by atoms with Crippen molar-refractivity contribution in [1.82, 2.24) is 4.90 Å². The predicted octanol–water partition coefficient (Wildman–Crippen LogP) is 0.422. The Hall–Kier alpha value is -0.410. The largest absolute Gasteiger partial charge is 0.396 e. The molecular weight excluding hydrogens is 166 g/mol. The number of Topliss-reactive ketones (excluding diaryl/α,β-unsaturated/α-hetero) is 1. The number of hydrogen-bond donors (Lipinski definition) is 1. The maximum absolute atomic E-state index is 11.3. The van der Waals surface area contributed by atoms with Gasteiger partial charge in [0, 0.05) is 25.0 Å². The molecule has 0 aromatic carbocycles. The standard InChI is InChI=1S/C10H17NO2/c12-7-8-5-9(13)6-11-4-2-1-3-10(8)11/h8,10,12H,1-7H2. The van der Waals surface area contributed by atoms with Crippen LogP contribution < -0.4 is 0 Å². The second-order valence-corrected chi connectivity index (χ2v) is 4.22. The third kappa shape index (κ3) is 1.76. The molecule has 0 bridgehead atoms. The van der Waals surface area contributed by atoms with Crippen LogP contribution >= 0.6 is 0 Å². The summed E-state index contributed by atoms with van der Waals surface area (Å²) in [6, 6.07) is 0.483. The summed E-state index contributed by atoms with van der Waals surface area (Å²) < 4.78 is 0. The van der Waals surface area contributed by atoms with Crippen LogP contribution in [0.3, 0.4) is 0 Å². The van der Waals surface area contributed by atoms with Crippen molar-refractivity contribution >= 4 is 5.78 Å². The van der Waals surface area contributed by atoms with E-state index in [1.54, 1.807) is 0 Å². The number of aliphatic hydroxyl groups excluding tert-OH is 1. The molecule has 0 aromatic rings. The third-order valence-electron chi connectivity index (χ3n) is 3.31. The van der Waals surface area contributed by atoms with Crippen molar-refractivity contribution in [2.75, 3.05) is 19.7 Å². The van der Waals surface area contributed by atoms with Gasteiger partial charge in [-0.15, -0.1) is 0 Å². The Labute approximate surface area is 78.7 Å². The molecule has 13 heavy (non-hydrogen) atoms. The van der Waals surface area contributed by atoms with E-state index in [-0.39, 0.29) is 12.5 Å². The van der Waals surface area contributed by atoms with Gasteiger partial charge < -0.3 is 5.11 Å². The van der Waals surface area contributed by atoms with Crippen LogP contribution in [0.1, 0.15) is 25.7 Å². The van der Waals surface area contributed by atoms with Gasteiger partial charge in [0.25, 0.3) is 0 Å². The Morgan fingerprint density at radius 3 is 3.08 bits per heavy atom. The summed E-state index contributed by atoms with van der Waals surface area (Å²) in [5.41, 5.74) is 0. The third-order valence-corrected chi connectivity index (χ3v) is 3.31. The lowest BCUT2D eigenvalue weighted by Gasteiger charge is -2.42. The Balaban J connectivity index is 2.07. The Morgan fingerprint density at radius 1 is 1.46 bits per heavy atom. The van der Waals surface area contributed by atoms with E-state index < -0.39 is 0 Å². The fourth-order valence-electron chi connectivity index (χ4n) is 2.65. The van der Waals surface area contributed by atoms with E-state index >= 15 is 0 Å². The summed E-state index contributed by atoms with van der Waals surface area (Å²) in [5, 5.41) is 9.17. The summed E-state index contributed by atoms with van der Waals surface area (Å²) in [7, 11) is 0. The van der Waals surface area contributed by atoms with Crippen LogP contribution in [0.5, 0.6) is 0 Å². The van der Waals surface area contributed by atoms with E-state index in [4.69, 9.17) is 5.11 Å². The van der Waals surface area contributed by atoms with Crippen LogP contribution in [-0.4, -0.2) is 41.5 Å². The van der Waals surface area contributed by atoms with E-state index in [9.17, 15) is 4.79 Å². The van der Waals surface area contributed by atoms with Crippen molar-refractivity contribution in [1.29, 1.82) is 0 Å². The van der Waals surface area contributed by atoms with Gasteiger partial charge in [-0.25, -0.2) is 0 Å². The average molecular weight is 183 g/mol. The van der Waals surface area contributed by atoms with Gasteiger partial charge in [-0.05, 0) is 19.4 Å². The molecule has 2 unspecified atom stereocenters. The van der Waals surface area contributed by atoms with Gasteiger partial charge in [-0.1, -0.05) is 6.42 Å². The van der Waals surface area contributed by atoms with Gasteiger partial charge in [0.1, 0.15) is 5.78 Å². The molecule has 2 atom stereocenters. The molecule has 74 valence electrons. The van der Waals surface area contributed by atoms with E-state index in [0.717, 1.165) is 6.54 Å². The minimum absolute atomic E-state index is 0.174. The molecule has 0 radical (unpaired) electrons. The van der Waals surface area contributed by atoms with Gasteiger partial charge in [0.2, 0.25) is 0 Å². The first-order valence-corrected chi connectivity index (χ1v) is 5.18. The first-order valence-electron chi connectivity index (χ1n) is 5.18. The second kappa shape index (κ2) is 3.76. The predicted molar refractivity (Wildman–Crippen MR) is 49.4 cm³/mol. The Kier molecular flexibility index (Phi) is 2.65. The molecule has 0 aliphatic carbocycles. The number of fused-ring (bicyclic) bond motifs is 1. The monoisotopic (exact) mass is 183 g/mol. The average Bonchev–Trinajstić information content (AvgIpc) is 2.16. The molecule has 1 N–H and O–H groups in total. The fourth-order valence-corrected chi connectivity index (χ4v) is 2.65. The molecule has 3 heteroatoms. The molecule has 0 amide bonds. The summed E-state index contributed by atoms with van der Waals surface area (Å²) in [6.07, 6.45) is 4.23. The molecule has 2 aliphatic heterocycles. The first-order chi connectivity index (χ1) is 6.31. The maximum atomic E-state index is 11.3. The summed E-state index contributed by atoms with van der Waals surface area (Å²) in [4.78, 5) is 13.6. The summed E-state index contributed by atoms with van der Waals surface area (Å²) in [5.74, 6) is 0.513. The zero-order chi connectivity index (χ0) is 9.26. The molecule has 2 saturated heterocycles. The van der Waals surface area contributed by atoms with Gasteiger partial charge >= 0.3 is 0 Å².